The number of amides is 1. The topological polar surface area (TPSA) is 102 Å². The highest BCUT2D eigenvalue weighted by Crippen LogP contribution is 2.48. The molecule has 242 valence electrons. The van der Waals surface area contributed by atoms with Crippen LogP contribution in [0, 0.1) is 17.8 Å². The number of aldehydes is 1. The molecule has 2 aromatic carbocycles. The Morgan fingerprint density at radius 2 is 2.00 bits per heavy atom. The number of hydrogen-bond acceptors (Lipinski definition) is 7. The van der Waals surface area contributed by atoms with E-state index in [2.05, 4.69) is 21.8 Å². The third kappa shape index (κ3) is 5.92. The first-order valence-corrected chi connectivity index (χ1v) is 18.1. The number of allylic oxidation sites excluding steroid dienone is 1. The molecule has 2 heterocycles. The Hall–Kier alpha value is -2.88. The minimum Gasteiger partial charge on any atom is -0.490 e. The summed E-state index contributed by atoms with van der Waals surface area (Å²) in [6.07, 6.45) is 9.75. The van der Waals surface area contributed by atoms with Crippen LogP contribution in [-0.4, -0.2) is 57.8 Å². The summed E-state index contributed by atoms with van der Waals surface area (Å²) < 4.78 is 41.7. The van der Waals surface area contributed by atoms with Crippen molar-refractivity contribution in [3.8, 4) is 5.75 Å². The van der Waals surface area contributed by atoms with Crippen LogP contribution in [0.3, 0.4) is 0 Å². The fourth-order valence-electron chi connectivity index (χ4n) is 7.85. The van der Waals surface area contributed by atoms with Crippen molar-refractivity contribution in [1.82, 2.24) is 4.72 Å². The summed E-state index contributed by atoms with van der Waals surface area (Å²) in [6, 6.07) is 11.3. The number of halogens is 1. The van der Waals surface area contributed by atoms with Gasteiger partial charge in [-0.05, 0) is 112 Å². The molecular weight excluding hydrogens is 612 g/mol. The Morgan fingerprint density at radius 3 is 2.73 bits per heavy atom. The lowest BCUT2D eigenvalue weighted by Crippen LogP contribution is -2.54. The Labute approximate surface area is 271 Å². The number of carbonyl (C=O) groups is 2. The van der Waals surface area contributed by atoms with Crippen molar-refractivity contribution in [2.24, 2.45) is 17.8 Å². The zero-order valence-electron chi connectivity index (χ0n) is 26.3. The summed E-state index contributed by atoms with van der Waals surface area (Å²) in [7, 11) is -3.98. The maximum atomic E-state index is 13.4. The first kappa shape index (κ1) is 32.1. The van der Waals surface area contributed by atoms with Crippen molar-refractivity contribution in [2.45, 2.75) is 75.6 Å². The Kier molecular flexibility index (Phi) is 8.82. The molecule has 4 aliphatic rings. The van der Waals surface area contributed by atoms with Crippen LogP contribution in [0.25, 0.3) is 0 Å². The van der Waals surface area contributed by atoms with E-state index in [9.17, 15) is 18.0 Å². The van der Waals surface area contributed by atoms with Gasteiger partial charge in [-0.2, -0.15) is 0 Å². The number of aryl methyl sites for hydroxylation is 1. The molecule has 0 radical (unpaired) electrons. The third-order valence-electron chi connectivity index (χ3n) is 10.7. The van der Waals surface area contributed by atoms with Crippen molar-refractivity contribution in [3.63, 3.8) is 0 Å². The SMILES string of the molecule is CCO[C@]1(C=O)/C=C/C[C@H](C)[C@@H](C)S(=O)(=O)NC(=O)c2ccc3c(c2)N(C[C@@H]2CC[C@H]21)C[C@@]1(CCCc2cc(Cl)ccc21)CO3. The molecule has 45 heavy (non-hydrogen) atoms. The molecule has 0 saturated heterocycles. The number of rotatable bonds is 3. The monoisotopic (exact) mass is 654 g/mol. The van der Waals surface area contributed by atoms with Crippen molar-refractivity contribution in [3.05, 3.63) is 70.3 Å². The predicted octanol–water partition coefficient (Wildman–Crippen LogP) is 5.86. The molecule has 0 unspecified atom stereocenters. The van der Waals surface area contributed by atoms with Crippen LogP contribution < -0.4 is 14.4 Å². The molecule has 1 amide bonds. The number of anilines is 1. The molecule has 6 atom stereocenters. The van der Waals surface area contributed by atoms with Crippen LogP contribution in [0.5, 0.6) is 5.75 Å². The number of ether oxygens (including phenoxy) is 2. The van der Waals surface area contributed by atoms with E-state index in [-0.39, 0.29) is 28.7 Å². The molecule has 0 aromatic heterocycles. The Morgan fingerprint density at radius 1 is 1.18 bits per heavy atom. The maximum absolute atomic E-state index is 13.4. The summed E-state index contributed by atoms with van der Waals surface area (Å²) in [5.41, 5.74) is 2.07. The minimum atomic E-state index is -3.98. The first-order valence-electron chi connectivity index (χ1n) is 16.2. The second-order valence-electron chi connectivity index (χ2n) is 13.4. The molecule has 2 aliphatic carbocycles. The number of fused-ring (bicyclic) bond motifs is 4. The fraction of sp³-hybridized carbons (Fsp3) is 0.543. The van der Waals surface area contributed by atoms with E-state index >= 15 is 0 Å². The van der Waals surface area contributed by atoms with Gasteiger partial charge in [-0.15, -0.1) is 0 Å². The van der Waals surface area contributed by atoms with Gasteiger partial charge in [0.25, 0.3) is 5.91 Å². The second-order valence-corrected chi connectivity index (χ2v) is 15.9. The van der Waals surface area contributed by atoms with Crippen LogP contribution >= 0.6 is 11.6 Å². The van der Waals surface area contributed by atoms with Crippen LogP contribution in [-0.2, 0) is 31.4 Å². The molecule has 1 saturated carbocycles. The molecule has 2 aromatic rings. The smallest absolute Gasteiger partial charge is 0.264 e. The van der Waals surface area contributed by atoms with Gasteiger partial charge >= 0.3 is 0 Å². The molecule has 1 spiro atoms. The summed E-state index contributed by atoms with van der Waals surface area (Å²) in [5.74, 6) is -0.192. The number of nitrogens with zero attached hydrogens (tertiary/aromatic N) is 1. The van der Waals surface area contributed by atoms with E-state index in [1.54, 1.807) is 25.1 Å². The van der Waals surface area contributed by atoms with Crippen molar-refractivity contribution >= 4 is 39.5 Å². The van der Waals surface area contributed by atoms with Gasteiger partial charge in [0.05, 0.1) is 17.5 Å². The summed E-state index contributed by atoms with van der Waals surface area (Å²) in [5, 5.41) is -0.122. The zero-order chi connectivity index (χ0) is 32.0. The Bertz CT molecular complexity index is 1610. The number of carbonyl (C=O) groups excluding carboxylic acids is 2. The summed E-state index contributed by atoms with van der Waals surface area (Å²) in [4.78, 5) is 28.6. The normalized spacial score (nSPS) is 33.4. The molecule has 1 N–H and O–H groups in total. The van der Waals surface area contributed by atoms with Crippen LogP contribution in [0.4, 0.5) is 5.69 Å². The lowest BCUT2D eigenvalue weighted by Gasteiger charge is -2.49. The van der Waals surface area contributed by atoms with E-state index in [0.29, 0.717) is 38.5 Å². The van der Waals surface area contributed by atoms with Crippen molar-refractivity contribution in [1.29, 1.82) is 0 Å². The highest BCUT2D eigenvalue weighted by atomic mass is 35.5. The zero-order valence-corrected chi connectivity index (χ0v) is 27.8. The van der Waals surface area contributed by atoms with E-state index in [4.69, 9.17) is 21.1 Å². The van der Waals surface area contributed by atoms with Gasteiger partial charge in [0, 0.05) is 41.6 Å². The van der Waals surface area contributed by atoms with E-state index in [1.165, 1.54) is 11.1 Å². The van der Waals surface area contributed by atoms with Gasteiger partial charge in [0.2, 0.25) is 10.0 Å². The highest BCUT2D eigenvalue weighted by Gasteiger charge is 2.49. The molecule has 10 heteroatoms. The molecule has 6 rings (SSSR count). The van der Waals surface area contributed by atoms with Gasteiger partial charge in [-0.1, -0.05) is 30.7 Å². The fourth-order valence-corrected chi connectivity index (χ4v) is 9.33. The van der Waals surface area contributed by atoms with Gasteiger partial charge in [-0.3, -0.25) is 9.59 Å². The molecular formula is C35H43ClN2O6S. The third-order valence-corrected chi connectivity index (χ3v) is 12.9. The first-order chi connectivity index (χ1) is 21.5. The van der Waals surface area contributed by atoms with Crippen molar-refractivity contribution in [2.75, 3.05) is 31.2 Å². The lowest BCUT2D eigenvalue weighted by atomic mass is 9.64. The average Bonchev–Trinajstić information content (AvgIpc) is 3.15. The van der Waals surface area contributed by atoms with Gasteiger partial charge in [0.15, 0.2) is 6.29 Å². The number of sulfonamides is 1. The average molecular weight is 655 g/mol. The second kappa shape index (κ2) is 12.4. The lowest BCUT2D eigenvalue weighted by molar-refractivity contribution is -0.140. The maximum Gasteiger partial charge on any atom is 0.264 e. The molecule has 1 fully saturated rings. The van der Waals surface area contributed by atoms with Crippen LogP contribution in [0.15, 0.2) is 48.6 Å². The van der Waals surface area contributed by atoms with Crippen LogP contribution in [0.2, 0.25) is 5.02 Å². The number of hydrogen-bond donors (Lipinski definition) is 1. The summed E-state index contributed by atoms with van der Waals surface area (Å²) in [6.45, 7) is 7.47. The van der Waals surface area contributed by atoms with E-state index in [1.807, 2.05) is 32.1 Å². The standard InChI is InChI=1S/C35H43ClN2O6S/c1-4-44-35(21-39)16-5-7-23(2)24(3)45(41,42)37-33(40)26-10-14-32-31(18-26)38(19-27-9-12-30(27)35)20-34(22-43-32)15-6-8-25-17-28(36)11-13-29(25)34/h5,10-11,13-14,16-18,21,23-24,27,30H,4,6-9,12,15,19-20,22H2,1-3H3,(H,37,40)/b16-5+/t23-,24+,27-,30+,34-,35-/m0/s1. The van der Waals surface area contributed by atoms with Gasteiger partial charge in [-0.25, -0.2) is 13.1 Å². The number of nitrogens with one attached hydrogen (secondary N) is 1. The minimum absolute atomic E-state index is 0.0388. The van der Waals surface area contributed by atoms with Gasteiger partial charge in [0.1, 0.15) is 11.4 Å². The van der Waals surface area contributed by atoms with Crippen molar-refractivity contribution < 1.29 is 27.5 Å². The summed E-state index contributed by atoms with van der Waals surface area (Å²) >= 11 is 6.41. The van der Waals surface area contributed by atoms with Gasteiger partial charge < -0.3 is 14.4 Å². The predicted molar refractivity (Wildman–Crippen MR) is 176 cm³/mol. The van der Waals surface area contributed by atoms with E-state index in [0.717, 1.165) is 49.1 Å². The Balaban J connectivity index is 1.46. The largest absolute Gasteiger partial charge is 0.490 e. The number of benzene rings is 2. The molecule has 2 bridgehead atoms. The molecule has 2 aliphatic heterocycles. The van der Waals surface area contributed by atoms with E-state index < -0.39 is 26.8 Å². The molecule has 8 nitrogen and oxygen atoms in total. The highest BCUT2D eigenvalue weighted by molar-refractivity contribution is 7.90. The quantitative estimate of drug-likeness (QED) is 0.327. The van der Waals surface area contributed by atoms with Crippen LogP contribution in [0.1, 0.15) is 74.4 Å².